The maximum Gasteiger partial charge on any atom is 0.233 e. The van der Waals surface area contributed by atoms with Gasteiger partial charge in [-0.15, -0.1) is 0 Å². The minimum atomic E-state index is -0.157. The molecule has 3 N–H and O–H groups in total. The Labute approximate surface area is 85.1 Å². The highest BCUT2D eigenvalue weighted by Crippen LogP contribution is 2.23. The van der Waals surface area contributed by atoms with E-state index in [1.165, 1.54) is 0 Å². The summed E-state index contributed by atoms with van der Waals surface area (Å²) in [5, 5.41) is 15.1. The second kappa shape index (κ2) is 5.98. The van der Waals surface area contributed by atoms with Crippen molar-refractivity contribution in [1.29, 1.82) is 0 Å². The van der Waals surface area contributed by atoms with Gasteiger partial charge in [0.05, 0.1) is 12.6 Å². The van der Waals surface area contributed by atoms with E-state index in [1.807, 2.05) is 0 Å². The summed E-state index contributed by atoms with van der Waals surface area (Å²) < 4.78 is 0. The number of hydrogen-bond acceptors (Lipinski definition) is 3. The first-order valence-corrected chi connectivity index (χ1v) is 5.31. The first-order valence-electron chi connectivity index (χ1n) is 5.31. The van der Waals surface area contributed by atoms with Crippen LogP contribution in [0.4, 0.5) is 0 Å². The number of nitrogens with one attached hydrogen (secondary N) is 2. The Balaban J connectivity index is 2.14. The van der Waals surface area contributed by atoms with Crippen molar-refractivity contribution in [2.45, 2.75) is 31.8 Å². The molecular formula is C10H20N2O2. The van der Waals surface area contributed by atoms with E-state index in [0.717, 1.165) is 25.7 Å². The van der Waals surface area contributed by atoms with Crippen LogP contribution >= 0.6 is 0 Å². The Morgan fingerprint density at radius 2 is 2.29 bits per heavy atom. The van der Waals surface area contributed by atoms with Crippen LogP contribution in [-0.2, 0) is 4.79 Å². The molecule has 1 aliphatic rings. The third-order valence-electron chi connectivity index (χ3n) is 2.68. The zero-order valence-corrected chi connectivity index (χ0v) is 8.75. The van der Waals surface area contributed by atoms with E-state index < -0.39 is 0 Å². The lowest BCUT2D eigenvalue weighted by atomic mass is 9.87. The molecule has 2 atom stereocenters. The zero-order valence-electron chi connectivity index (χ0n) is 8.75. The van der Waals surface area contributed by atoms with Gasteiger partial charge in [-0.2, -0.15) is 0 Å². The SMILES string of the molecule is CNCC(=O)NCC1CCCC(O)C1. The highest BCUT2D eigenvalue weighted by molar-refractivity contribution is 5.77. The van der Waals surface area contributed by atoms with Crippen LogP contribution in [-0.4, -0.2) is 37.3 Å². The van der Waals surface area contributed by atoms with Crippen LogP contribution in [0.15, 0.2) is 0 Å². The molecule has 1 saturated carbocycles. The Bertz CT molecular complexity index is 185. The minimum absolute atomic E-state index is 0.0348. The molecule has 0 heterocycles. The Morgan fingerprint density at radius 1 is 1.50 bits per heavy atom. The predicted octanol–water partition coefficient (Wildman–Crippen LogP) is -0.127. The van der Waals surface area contributed by atoms with Gasteiger partial charge in [0, 0.05) is 6.54 Å². The van der Waals surface area contributed by atoms with Gasteiger partial charge in [0.15, 0.2) is 0 Å². The van der Waals surface area contributed by atoms with Gasteiger partial charge in [0.1, 0.15) is 0 Å². The van der Waals surface area contributed by atoms with Crippen molar-refractivity contribution in [3.63, 3.8) is 0 Å². The molecule has 0 aliphatic heterocycles. The molecule has 0 aromatic heterocycles. The molecule has 0 aromatic rings. The lowest BCUT2D eigenvalue weighted by Gasteiger charge is -2.25. The Morgan fingerprint density at radius 3 is 2.93 bits per heavy atom. The molecule has 2 unspecified atom stereocenters. The topological polar surface area (TPSA) is 61.4 Å². The first kappa shape index (κ1) is 11.5. The molecule has 0 bridgehead atoms. The third kappa shape index (κ3) is 4.07. The summed E-state index contributed by atoms with van der Waals surface area (Å²) in [6, 6.07) is 0. The third-order valence-corrected chi connectivity index (χ3v) is 2.68. The number of aliphatic hydroxyl groups is 1. The van der Waals surface area contributed by atoms with E-state index in [1.54, 1.807) is 7.05 Å². The lowest BCUT2D eigenvalue weighted by Crippen LogP contribution is -2.37. The predicted molar refractivity (Wildman–Crippen MR) is 54.9 cm³/mol. The molecule has 4 heteroatoms. The van der Waals surface area contributed by atoms with Crippen molar-refractivity contribution in [3.05, 3.63) is 0 Å². The van der Waals surface area contributed by atoms with Gasteiger partial charge >= 0.3 is 0 Å². The molecule has 0 saturated heterocycles. The first-order chi connectivity index (χ1) is 6.72. The Hall–Kier alpha value is -0.610. The summed E-state index contributed by atoms with van der Waals surface area (Å²) in [6.45, 7) is 1.08. The van der Waals surface area contributed by atoms with Crippen molar-refractivity contribution in [2.24, 2.45) is 5.92 Å². The minimum Gasteiger partial charge on any atom is -0.393 e. The molecule has 1 fully saturated rings. The summed E-state index contributed by atoms with van der Waals surface area (Å²) in [4.78, 5) is 11.1. The molecule has 0 radical (unpaired) electrons. The van der Waals surface area contributed by atoms with E-state index in [4.69, 9.17) is 0 Å². The van der Waals surface area contributed by atoms with E-state index >= 15 is 0 Å². The van der Waals surface area contributed by atoms with Gasteiger partial charge in [-0.1, -0.05) is 6.42 Å². The second-order valence-electron chi connectivity index (χ2n) is 4.02. The largest absolute Gasteiger partial charge is 0.393 e. The number of carbonyl (C=O) groups excluding carboxylic acids is 1. The van der Waals surface area contributed by atoms with E-state index in [2.05, 4.69) is 10.6 Å². The zero-order chi connectivity index (χ0) is 10.4. The number of hydrogen-bond donors (Lipinski definition) is 3. The maximum atomic E-state index is 11.1. The fourth-order valence-corrected chi connectivity index (χ4v) is 1.93. The van der Waals surface area contributed by atoms with Crippen LogP contribution in [0, 0.1) is 5.92 Å². The maximum absolute atomic E-state index is 11.1. The van der Waals surface area contributed by atoms with Crippen LogP contribution in [0.1, 0.15) is 25.7 Å². The molecule has 82 valence electrons. The summed E-state index contributed by atoms with van der Waals surface area (Å²) >= 11 is 0. The van der Waals surface area contributed by atoms with Gasteiger partial charge < -0.3 is 15.7 Å². The van der Waals surface area contributed by atoms with Gasteiger partial charge in [0.25, 0.3) is 0 Å². The van der Waals surface area contributed by atoms with Gasteiger partial charge in [-0.25, -0.2) is 0 Å². The molecular weight excluding hydrogens is 180 g/mol. The highest BCUT2D eigenvalue weighted by atomic mass is 16.3. The van der Waals surface area contributed by atoms with Crippen LogP contribution in [0.25, 0.3) is 0 Å². The average molecular weight is 200 g/mol. The standard InChI is InChI=1S/C10H20N2O2/c1-11-7-10(14)12-6-8-3-2-4-9(13)5-8/h8-9,11,13H,2-7H2,1H3,(H,12,14). The van der Waals surface area contributed by atoms with Gasteiger partial charge in [0.2, 0.25) is 5.91 Å². The second-order valence-corrected chi connectivity index (χ2v) is 4.02. The molecule has 0 aromatic carbocycles. The van der Waals surface area contributed by atoms with Gasteiger partial charge in [-0.3, -0.25) is 4.79 Å². The number of likely N-dealkylation sites (N-methyl/N-ethyl adjacent to an activating group) is 1. The van der Waals surface area contributed by atoms with E-state index in [0.29, 0.717) is 19.0 Å². The Kier molecular flexibility index (Phi) is 4.90. The van der Waals surface area contributed by atoms with Crippen LogP contribution in [0.5, 0.6) is 0 Å². The van der Waals surface area contributed by atoms with Crippen LogP contribution in [0.3, 0.4) is 0 Å². The molecule has 1 aliphatic carbocycles. The van der Waals surface area contributed by atoms with Gasteiger partial charge in [-0.05, 0) is 32.2 Å². The average Bonchev–Trinajstić information content (AvgIpc) is 2.15. The van der Waals surface area contributed by atoms with Crippen LogP contribution in [0.2, 0.25) is 0 Å². The smallest absolute Gasteiger partial charge is 0.233 e. The summed E-state index contributed by atoms with van der Waals surface area (Å²) in [5.41, 5.74) is 0. The fourth-order valence-electron chi connectivity index (χ4n) is 1.93. The number of carbonyl (C=O) groups is 1. The van der Waals surface area contributed by atoms with Crippen molar-refractivity contribution < 1.29 is 9.90 Å². The monoisotopic (exact) mass is 200 g/mol. The summed E-state index contributed by atoms with van der Waals surface area (Å²) in [5.74, 6) is 0.493. The summed E-state index contributed by atoms with van der Waals surface area (Å²) in [6.07, 6.45) is 3.79. The number of aliphatic hydroxyl groups excluding tert-OH is 1. The van der Waals surface area contributed by atoms with Crippen molar-refractivity contribution in [1.82, 2.24) is 10.6 Å². The molecule has 4 nitrogen and oxygen atoms in total. The van der Waals surface area contributed by atoms with E-state index in [-0.39, 0.29) is 12.0 Å². The quantitative estimate of drug-likeness (QED) is 0.592. The molecule has 0 spiro atoms. The van der Waals surface area contributed by atoms with Crippen molar-refractivity contribution in [2.75, 3.05) is 20.1 Å². The normalized spacial score (nSPS) is 27.3. The van der Waals surface area contributed by atoms with Crippen LogP contribution < -0.4 is 10.6 Å². The fraction of sp³-hybridized carbons (Fsp3) is 0.900. The van der Waals surface area contributed by atoms with Crippen molar-refractivity contribution in [3.8, 4) is 0 Å². The summed E-state index contributed by atoms with van der Waals surface area (Å²) in [7, 11) is 1.75. The molecule has 1 rings (SSSR count). The molecule has 1 amide bonds. The number of amides is 1. The highest BCUT2D eigenvalue weighted by Gasteiger charge is 2.20. The lowest BCUT2D eigenvalue weighted by molar-refractivity contribution is -0.120. The molecule has 14 heavy (non-hydrogen) atoms. The van der Waals surface area contributed by atoms with E-state index in [9.17, 15) is 9.90 Å². The number of rotatable bonds is 4. The van der Waals surface area contributed by atoms with Crippen molar-refractivity contribution >= 4 is 5.91 Å².